The summed E-state index contributed by atoms with van der Waals surface area (Å²) in [6, 6.07) is 0. The zero-order valence-corrected chi connectivity index (χ0v) is 32.1. The highest BCUT2D eigenvalue weighted by molar-refractivity contribution is 5.85. The fourth-order valence-electron chi connectivity index (χ4n) is 14.1. The van der Waals surface area contributed by atoms with Crippen molar-refractivity contribution in [2.75, 3.05) is 26.2 Å². The first-order valence-corrected chi connectivity index (χ1v) is 19.2. The Morgan fingerprint density at radius 1 is 1.06 bits per heavy atom. The molecule has 2 spiro atoms. The lowest BCUT2D eigenvalue weighted by Gasteiger charge is -2.64. The predicted molar refractivity (Wildman–Crippen MR) is 187 cm³/mol. The number of ether oxygens (including phenoxy) is 4. The SMILES string of the molecule is CCCN1CCO[C@@H](O[C@H]2CC[C@]34C[C@]35CC[C@]3(C)[C@@H]6[C@H](O[C@@H]([C@H](OC(C)=O)C(C)(C)O)C[C@H]6C)[C@H](O)[C@@]3(C)[C@@H]5CC[C@H]4C2(C)C)C1.Cl. The van der Waals surface area contributed by atoms with Crippen molar-refractivity contribution in [1.82, 2.24) is 4.90 Å². The van der Waals surface area contributed by atoms with Crippen molar-refractivity contribution >= 4 is 18.4 Å². The van der Waals surface area contributed by atoms with Crippen LogP contribution >= 0.6 is 12.4 Å². The quantitative estimate of drug-likeness (QED) is 0.297. The lowest BCUT2D eigenvalue weighted by molar-refractivity contribution is -0.248. The summed E-state index contributed by atoms with van der Waals surface area (Å²) < 4.78 is 25.6. The Morgan fingerprint density at radius 3 is 2.42 bits per heavy atom. The van der Waals surface area contributed by atoms with Gasteiger partial charge >= 0.3 is 5.97 Å². The van der Waals surface area contributed by atoms with Crippen LogP contribution in [0.15, 0.2) is 0 Å². The summed E-state index contributed by atoms with van der Waals surface area (Å²) in [6.07, 6.45) is 8.07. The van der Waals surface area contributed by atoms with E-state index < -0.39 is 29.9 Å². The van der Waals surface area contributed by atoms with Gasteiger partial charge in [-0.2, -0.15) is 0 Å². The molecule has 7 aliphatic rings. The first-order chi connectivity index (χ1) is 22.0. The van der Waals surface area contributed by atoms with Crippen LogP contribution in [0.3, 0.4) is 0 Å². The van der Waals surface area contributed by atoms with Crippen molar-refractivity contribution < 1.29 is 34.0 Å². The van der Waals surface area contributed by atoms with Gasteiger partial charge < -0.3 is 29.2 Å². The van der Waals surface area contributed by atoms with Gasteiger partial charge in [0.25, 0.3) is 0 Å². The molecule has 14 atom stereocenters. The minimum Gasteiger partial charge on any atom is -0.457 e. The maximum Gasteiger partial charge on any atom is 0.303 e. The van der Waals surface area contributed by atoms with Crippen LogP contribution in [0.25, 0.3) is 0 Å². The summed E-state index contributed by atoms with van der Waals surface area (Å²) in [7, 11) is 0. The molecule has 0 bridgehead atoms. The average molecular weight is 696 g/mol. The molecule has 0 amide bonds. The first-order valence-electron chi connectivity index (χ1n) is 19.2. The van der Waals surface area contributed by atoms with Crippen LogP contribution in [-0.2, 0) is 23.7 Å². The molecule has 7 fully saturated rings. The minimum atomic E-state index is -1.25. The van der Waals surface area contributed by atoms with Crippen molar-refractivity contribution in [1.29, 1.82) is 0 Å². The fraction of sp³-hybridized carbons (Fsp3) is 0.974. The van der Waals surface area contributed by atoms with Crippen molar-refractivity contribution in [3.63, 3.8) is 0 Å². The van der Waals surface area contributed by atoms with Crippen molar-refractivity contribution in [2.24, 2.45) is 50.7 Å². The molecular formula is C39H66ClNO7. The Balaban J connectivity index is 0.00000401. The maximum absolute atomic E-state index is 12.6. The van der Waals surface area contributed by atoms with Gasteiger partial charge in [0, 0.05) is 25.4 Å². The van der Waals surface area contributed by atoms with E-state index in [1.807, 2.05) is 0 Å². The summed E-state index contributed by atoms with van der Waals surface area (Å²) in [5, 5.41) is 23.6. The van der Waals surface area contributed by atoms with E-state index in [1.54, 1.807) is 13.8 Å². The molecule has 0 unspecified atom stereocenters. The summed E-state index contributed by atoms with van der Waals surface area (Å²) >= 11 is 0. The van der Waals surface area contributed by atoms with E-state index in [0.717, 1.165) is 51.9 Å². The Kier molecular flexibility index (Phi) is 9.55. The second-order valence-electron chi connectivity index (χ2n) is 19.0. The summed E-state index contributed by atoms with van der Waals surface area (Å²) in [4.78, 5) is 14.6. The van der Waals surface area contributed by atoms with Crippen molar-refractivity contribution in [2.45, 2.75) is 163 Å². The first kappa shape index (κ1) is 37.3. The van der Waals surface area contributed by atoms with E-state index in [9.17, 15) is 15.0 Å². The molecule has 2 saturated heterocycles. The molecule has 5 saturated carbocycles. The summed E-state index contributed by atoms with van der Waals surface area (Å²) in [5.74, 6) is 1.16. The monoisotopic (exact) mass is 695 g/mol. The molecule has 2 aliphatic heterocycles. The topological polar surface area (TPSA) is 97.7 Å². The number of hydrogen-bond donors (Lipinski definition) is 2. The molecule has 0 aromatic rings. The average Bonchev–Trinajstić information content (AvgIpc) is 3.62. The fourth-order valence-corrected chi connectivity index (χ4v) is 14.1. The smallest absolute Gasteiger partial charge is 0.303 e. The lowest BCUT2D eigenvalue weighted by Crippen LogP contribution is -2.60. The third-order valence-corrected chi connectivity index (χ3v) is 16.1. The third kappa shape index (κ3) is 5.14. The van der Waals surface area contributed by atoms with Gasteiger partial charge in [-0.1, -0.05) is 41.5 Å². The van der Waals surface area contributed by atoms with Crippen LogP contribution in [0.5, 0.6) is 0 Å². The molecule has 0 radical (unpaired) electrons. The van der Waals surface area contributed by atoms with Crippen LogP contribution in [0.2, 0.25) is 0 Å². The van der Waals surface area contributed by atoms with E-state index in [2.05, 4.69) is 46.4 Å². The van der Waals surface area contributed by atoms with Crippen LogP contribution in [-0.4, -0.2) is 89.7 Å². The molecule has 0 aromatic carbocycles. The second kappa shape index (κ2) is 12.3. The van der Waals surface area contributed by atoms with Crippen LogP contribution in [0.1, 0.15) is 120 Å². The molecule has 9 heteroatoms. The lowest BCUT2D eigenvalue weighted by atomic mass is 9.41. The molecule has 2 N–H and O–H groups in total. The van der Waals surface area contributed by atoms with Gasteiger partial charge in [0.15, 0.2) is 12.4 Å². The Hall–Kier alpha value is -0.480. The van der Waals surface area contributed by atoms with Crippen LogP contribution < -0.4 is 0 Å². The molecule has 2 heterocycles. The highest BCUT2D eigenvalue weighted by Crippen LogP contribution is 2.89. The van der Waals surface area contributed by atoms with E-state index in [0.29, 0.717) is 23.7 Å². The van der Waals surface area contributed by atoms with Gasteiger partial charge in [0.05, 0.1) is 36.6 Å². The van der Waals surface area contributed by atoms with E-state index in [4.69, 9.17) is 18.9 Å². The van der Waals surface area contributed by atoms with Gasteiger partial charge in [0.1, 0.15) is 0 Å². The molecule has 8 nitrogen and oxygen atoms in total. The minimum absolute atomic E-state index is 0. The molecule has 276 valence electrons. The number of nitrogens with zero attached hydrogens (tertiary/aromatic N) is 1. The number of hydrogen-bond acceptors (Lipinski definition) is 8. The zero-order valence-electron chi connectivity index (χ0n) is 31.3. The summed E-state index contributed by atoms with van der Waals surface area (Å²) in [6.45, 7) is 22.9. The van der Waals surface area contributed by atoms with Crippen LogP contribution in [0, 0.1) is 50.7 Å². The molecular weight excluding hydrogens is 630 g/mol. The van der Waals surface area contributed by atoms with E-state index >= 15 is 0 Å². The number of halogens is 1. The highest BCUT2D eigenvalue weighted by Gasteiger charge is 2.84. The normalized spacial score (nSPS) is 50.0. The number of rotatable bonds is 7. The second-order valence-corrected chi connectivity index (χ2v) is 19.0. The van der Waals surface area contributed by atoms with Gasteiger partial charge in [-0.3, -0.25) is 9.69 Å². The Bertz CT molecular complexity index is 1220. The number of carbonyl (C=O) groups is 1. The Morgan fingerprint density at radius 2 is 1.75 bits per heavy atom. The van der Waals surface area contributed by atoms with Gasteiger partial charge in [-0.05, 0) is 124 Å². The number of carbonyl (C=O) groups excluding carboxylic acids is 1. The van der Waals surface area contributed by atoms with Gasteiger partial charge in [0.2, 0.25) is 0 Å². The molecule has 5 aliphatic carbocycles. The number of aliphatic hydroxyl groups is 2. The molecule has 0 aromatic heterocycles. The predicted octanol–water partition coefficient (Wildman–Crippen LogP) is 6.38. The van der Waals surface area contributed by atoms with Crippen LogP contribution in [0.4, 0.5) is 0 Å². The summed E-state index contributed by atoms with van der Waals surface area (Å²) in [5.41, 5.74) is -0.882. The van der Waals surface area contributed by atoms with Crippen molar-refractivity contribution in [3.05, 3.63) is 0 Å². The standard InChI is InChI=1S/C39H65NO7.ClH/c1-10-17-40-18-19-44-29(21-40)47-28-13-14-38-22-39(38)16-15-36(8)30-23(2)20-25(33(35(6,7)43)45-24(3)41)46-31(30)32(42)37(36,9)27(39)12-11-26(38)34(28,4)5;/h23,25-33,42-43H,10-22H2,1-9H3;1H/t23-,25-,26+,27+,28+,29+,30+,31+,32+,33+,36-,37-,38-,39+;/m1./s1. The zero-order chi connectivity index (χ0) is 33.9. The van der Waals surface area contributed by atoms with Gasteiger partial charge in [-0.15, -0.1) is 12.4 Å². The molecule has 7 rings (SSSR count). The number of esters is 1. The van der Waals surface area contributed by atoms with Crippen molar-refractivity contribution in [3.8, 4) is 0 Å². The number of fused-ring (bicyclic) bond motifs is 4. The molecule has 48 heavy (non-hydrogen) atoms. The van der Waals surface area contributed by atoms with E-state index in [1.165, 1.54) is 32.6 Å². The highest BCUT2D eigenvalue weighted by atomic mass is 35.5. The Labute approximate surface area is 296 Å². The third-order valence-electron chi connectivity index (χ3n) is 16.1. The number of morpholine rings is 1. The van der Waals surface area contributed by atoms with E-state index in [-0.39, 0.29) is 64.4 Å². The van der Waals surface area contributed by atoms with Gasteiger partial charge in [-0.25, -0.2) is 0 Å². The maximum atomic E-state index is 12.6. The number of aliphatic hydroxyl groups excluding tert-OH is 1. The largest absolute Gasteiger partial charge is 0.457 e.